The highest BCUT2D eigenvalue weighted by Gasteiger charge is 2.30. The van der Waals surface area contributed by atoms with Crippen molar-refractivity contribution < 1.29 is 13.2 Å². The molecular weight excluding hydrogens is 229 g/mol. The van der Waals surface area contributed by atoms with Crippen LogP contribution in [0.1, 0.15) is 25.3 Å². The number of nitrogens with one attached hydrogen (secondary N) is 2. The van der Waals surface area contributed by atoms with E-state index in [-0.39, 0.29) is 0 Å². The average molecular weight is 244 g/mol. The largest absolute Gasteiger partial charge is 0.416 e. The summed E-state index contributed by atoms with van der Waals surface area (Å²) in [6.45, 7) is 2.28. The van der Waals surface area contributed by atoms with Gasteiger partial charge in [0, 0.05) is 17.9 Å². The molecule has 0 aliphatic rings. The summed E-state index contributed by atoms with van der Waals surface area (Å²) < 4.78 is 37.2. The first-order valence-electron chi connectivity index (χ1n) is 5.35. The topological polar surface area (TPSA) is 35.9 Å². The van der Waals surface area contributed by atoms with Crippen LogP contribution >= 0.6 is 0 Å². The van der Waals surface area contributed by atoms with Gasteiger partial charge >= 0.3 is 6.18 Å². The molecule has 1 aromatic rings. The summed E-state index contributed by atoms with van der Waals surface area (Å²) >= 11 is 0. The highest BCUT2D eigenvalue weighted by atomic mass is 19.4. The number of hydrogen-bond acceptors (Lipinski definition) is 2. The molecule has 0 atom stereocenters. The van der Waals surface area contributed by atoms with E-state index in [0.717, 1.165) is 18.6 Å². The van der Waals surface area contributed by atoms with Crippen LogP contribution in [0.25, 0.3) is 0 Å². The third-order valence-electron chi connectivity index (χ3n) is 2.25. The van der Waals surface area contributed by atoms with Gasteiger partial charge in [0.05, 0.1) is 5.56 Å². The van der Waals surface area contributed by atoms with Crippen LogP contribution in [0.5, 0.6) is 0 Å². The minimum absolute atomic E-state index is 0.461. The lowest BCUT2D eigenvalue weighted by atomic mass is 10.2. The van der Waals surface area contributed by atoms with Gasteiger partial charge in [-0.15, -0.1) is 0 Å². The minimum atomic E-state index is -4.30. The Labute approximate surface area is 98.4 Å². The van der Waals surface area contributed by atoms with Crippen LogP contribution in [0.2, 0.25) is 0 Å². The molecule has 0 spiro atoms. The Hall–Kier alpha value is -1.52. The van der Waals surface area contributed by atoms with E-state index in [9.17, 15) is 13.2 Å². The molecule has 1 aromatic carbocycles. The highest BCUT2D eigenvalue weighted by Crippen LogP contribution is 2.30. The first-order valence-corrected chi connectivity index (χ1v) is 5.35. The van der Waals surface area contributed by atoms with E-state index in [2.05, 4.69) is 5.32 Å². The average Bonchev–Trinajstić information content (AvgIpc) is 2.23. The second-order valence-corrected chi connectivity index (χ2v) is 3.89. The molecule has 0 fully saturated rings. The number of halogens is 3. The van der Waals surface area contributed by atoms with Crippen molar-refractivity contribution in [3.05, 3.63) is 29.8 Å². The number of anilines is 1. The molecule has 17 heavy (non-hydrogen) atoms. The second kappa shape index (κ2) is 5.70. The van der Waals surface area contributed by atoms with Gasteiger partial charge in [-0.1, -0.05) is 6.07 Å². The Morgan fingerprint density at radius 2 is 2.06 bits per heavy atom. The Morgan fingerprint density at radius 1 is 1.35 bits per heavy atom. The first-order chi connectivity index (χ1) is 7.89. The highest BCUT2D eigenvalue weighted by molar-refractivity contribution is 5.78. The van der Waals surface area contributed by atoms with Crippen molar-refractivity contribution >= 4 is 11.4 Å². The van der Waals surface area contributed by atoms with Gasteiger partial charge in [0.2, 0.25) is 0 Å². The molecule has 0 saturated heterocycles. The molecule has 0 radical (unpaired) electrons. The summed E-state index contributed by atoms with van der Waals surface area (Å²) in [5.41, 5.74) is 0.393. The third kappa shape index (κ3) is 4.89. The Kier molecular flexibility index (Phi) is 4.54. The SMILES string of the molecule is CC(=N)CCCNc1cccc(C(F)(F)F)c1. The number of hydrogen-bond donors (Lipinski definition) is 2. The maximum absolute atomic E-state index is 12.4. The third-order valence-corrected chi connectivity index (χ3v) is 2.25. The maximum atomic E-state index is 12.4. The van der Waals surface area contributed by atoms with E-state index in [1.165, 1.54) is 6.07 Å². The lowest BCUT2D eigenvalue weighted by Crippen LogP contribution is -2.07. The van der Waals surface area contributed by atoms with E-state index in [4.69, 9.17) is 5.41 Å². The van der Waals surface area contributed by atoms with Crippen molar-refractivity contribution in [2.75, 3.05) is 11.9 Å². The molecule has 0 amide bonds. The fourth-order valence-electron chi connectivity index (χ4n) is 1.39. The summed E-state index contributed by atoms with van der Waals surface area (Å²) in [4.78, 5) is 0. The molecule has 0 bridgehead atoms. The molecule has 2 nitrogen and oxygen atoms in total. The molecule has 0 aliphatic heterocycles. The van der Waals surface area contributed by atoms with Crippen molar-refractivity contribution in [3.8, 4) is 0 Å². The first kappa shape index (κ1) is 13.5. The molecule has 0 heterocycles. The normalized spacial score (nSPS) is 11.3. The molecule has 0 aromatic heterocycles. The van der Waals surface area contributed by atoms with Crippen molar-refractivity contribution in [2.45, 2.75) is 25.9 Å². The van der Waals surface area contributed by atoms with Gasteiger partial charge in [-0.05, 0) is 38.0 Å². The van der Waals surface area contributed by atoms with Gasteiger partial charge in [-0.3, -0.25) is 0 Å². The predicted octanol–water partition coefficient (Wildman–Crippen LogP) is 3.94. The van der Waals surface area contributed by atoms with Gasteiger partial charge in [0.25, 0.3) is 0 Å². The van der Waals surface area contributed by atoms with Crippen LogP contribution in [0.15, 0.2) is 24.3 Å². The van der Waals surface area contributed by atoms with E-state index in [1.807, 2.05) is 0 Å². The molecule has 0 saturated carbocycles. The summed E-state index contributed by atoms with van der Waals surface area (Å²) in [5, 5.41) is 10.1. The minimum Gasteiger partial charge on any atom is -0.385 e. The second-order valence-electron chi connectivity index (χ2n) is 3.89. The molecule has 94 valence electrons. The molecule has 1 rings (SSSR count). The summed E-state index contributed by atoms with van der Waals surface area (Å²) in [7, 11) is 0. The fraction of sp³-hybridized carbons (Fsp3) is 0.417. The smallest absolute Gasteiger partial charge is 0.385 e. The summed E-state index contributed by atoms with van der Waals surface area (Å²) in [5.74, 6) is 0. The van der Waals surface area contributed by atoms with Gasteiger partial charge in [-0.25, -0.2) is 0 Å². The van der Waals surface area contributed by atoms with Gasteiger partial charge < -0.3 is 10.7 Å². The summed E-state index contributed by atoms with van der Waals surface area (Å²) in [6.07, 6.45) is -2.90. The molecule has 0 aliphatic carbocycles. The summed E-state index contributed by atoms with van der Waals surface area (Å²) in [6, 6.07) is 5.13. The molecule has 0 unspecified atom stereocenters. The van der Waals surface area contributed by atoms with Crippen LogP contribution in [0, 0.1) is 5.41 Å². The van der Waals surface area contributed by atoms with Crippen LogP contribution < -0.4 is 5.32 Å². The van der Waals surface area contributed by atoms with Crippen LogP contribution in [-0.2, 0) is 6.18 Å². The molecular formula is C12H15F3N2. The van der Waals surface area contributed by atoms with Gasteiger partial charge in [0.15, 0.2) is 0 Å². The van der Waals surface area contributed by atoms with Crippen LogP contribution in [0.3, 0.4) is 0 Å². The Balaban J connectivity index is 2.52. The lowest BCUT2D eigenvalue weighted by Gasteiger charge is -2.10. The zero-order chi connectivity index (χ0) is 12.9. The van der Waals surface area contributed by atoms with E-state index in [0.29, 0.717) is 24.4 Å². The fourth-order valence-corrected chi connectivity index (χ4v) is 1.39. The van der Waals surface area contributed by atoms with E-state index >= 15 is 0 Å². The van der Waals surface area contributed by atoms with E-state index in [1.54, 1.807) is 13.0 Å². The zero-order valence-corrected chi connectivity index (χ0v) is 9.56. The Morgan fingerprint density at radius 3 is 2.65 bits per heavy atom. The van der Waals surface area contributed by atoms with Gasteiger partial charge in [0.1, 0.15) is 0 Å². The number of benzene rings is 1. The molecule has 5 heteroatoms. The predicted molar refractivity (Wildman–Crippen MR) is 62.6 cm³/mol. The van der Waals surface area contributed by atoms with Crippen molar-refractivity contribution in [3.63, 3.8) is 0 Å². The zero-order valence-electron chi connectivity index (χ0n) is 9.56. The van der Waals surface area contributed by atoms with Crippen molar-refractivity contribution in [1.29, 1.82) is 5.41 Å². The van der Waals surface area contributed by atoms with Crippen LogP contribution in [-0.4, -0.2) is 12.3 Å². The van der Waals surface area contributed by atoms with Gasteiger partial charge in [-0.2, -0.15) is 13.2 Å². The van der Waals surface area contributed by atoms with E-state index < -0.39 is 11.7 Å². The number of rotatable bonds is 5. The quantitative estimate of drug-likeness (QED) is 0.597. The Bertz CT molecular complexity index is 386. The van der Waals surface area contributed by atoms with Crippen LogP contribution in [0.4, 0.5) is 18.9 Å². The number of alkyl halides is 3. The van der Waals surface area contributed by atoms with Crippen molar-refractivity contribution in [2.24, 2.45) is 0 Å². The molecule has 2 N–H and O–H groups in total. The maximum Gasteiger partial charge on any atom is 0.416 e. The van der Waals surface area contributed by atoms with Crippen molar-refractivity contribution in [1.82, 2.24) is 0 Å². The monoisotopic (exact) mass is 244 g/mol. The lowest BCUT2D eigenvalue weighted by molar-refractivity contribution is -0.137. The standard InChI is InChI=1S/C12H15F3N2/c1-9(16)4-3-7-17-11-6-2-5-10(8-11)12(13,14)15/h2,5-6,8,16-17H,3-4,7H2,1H3.